The van der Waals surface area contributed by atoms with E-state index in [1.165, 1.54) is 6.07 Å². The highest BCUT2D eigenvalue weighted by Crippen LogP contribution is 2.14. The van der Waals surface area contributed by atoms with Crippen LogP contribution in [0.5, 0.6) is 0 Å². The first-order valence-electron chi connectivity index (χ1n) is 6.77. The van der Waals surface area contributed by atoms with E-state index in [4.69, 9.17) is 4.42 Å². The molecule has 0 unspecified atom stereocenters. The first-order valence-corrected chi connectivity index (χ1v) is 9.40. The van der Waals surface area contributed by atoms with E-state index in [0.29, 0.717) is 24.6 Å². The van der Waals surface area contributed by atoms with Gasteiger partial charge in [0.1, 0.15) is 5.76 Å². The Morgan fingerprint density at radius 2 is 2.10 bits per heavy atom. The zero-order chi connectivity index (χ0) is 15.9. The molecule has 0 fully saturated rings. The highest BCUT2D eigenvalue weighted by molar-refractivity contribution is 7.99. The molecule has 2 N–H and O–H groups in total. The minimum Gasteiger partial charge on any atom is -0.447 e. The molecule has 0 aromatic carbocycles. The highest BCUT2D eigenvalue weighted by Gasteiger charge is 2.18. The summed E-state index contributed by atoms with van der Waals surface area (Å²) >= 11 is 1.62. The van der Waals surface area contributed by atoms with Crippen molar-refractivity contribution in [3.8, 4) is 0 Å². The molecular weight excluding hydrogens is 308 g/mol. The average Bonchev–Trinajstić information content (AvgIpc) is 2.85. The van der Waals surface area contributed by atoms with Crippen LogP contribution in [-0.4, -0.2) is 32.0 Å². The molecule has 0 spiro atoms. The first-order chi connectivity index (χ1) is 9.74. The summed E-state index contributed by atoms with van der Waals surface area (Å²) in [4.78, 5) is 0. The summed E-state index contributed by atoms with van der Waals surface area (Å²) in [7, 11) is -3.56. The third-order valence-corrected chi connectivity index (χ3v) is 4.77. The van der Waals surface area contributed by atoms with Gasteiger partial charge in [0.2, 0.25) is 5.09 Å². The maximum atomic E-state index is 12.0. The molecule has 7 heteroatoms. The van der Waals surface area contributed by atoms with Gasteiger partial charge in [0.25, 0.3) is 10.0 Å². The van der Waals surface area contributed by atoms with Gasteiger partial charge >= 0.3 is 0 Å². The van der Waals surface area contributed by atoms with Gasteiger partial charge in [-0.05, 0) is 32.9 Å². The van der Waals surface area contributed by atoms with Crippen molar-refractivity contribution in [2.24, 2.45) is 0 Å². The fourth-order valence-electron chi connectivity index (χ4n) is 1.44. The van der Waals surface area contributed by atoms with Crippen LogP contribution in [0.3, 0.4) is 0 Å². The quantitative estimate of drug-likeness (QED) is 0.536. The Morgan fingerprint density at radius 1 is 1.38 bits per heavy atom. The lowest BCUT2D eigenvalue weighted by Crippen LogP contribution is -2.34. The zero-order valence-electron chi connectivity index (χ0n) is 12.8. The molecule has 0 amide bonds. The number of thioether (sulfide) groups is 1. The number of nitrogens with one attached hydrogen (secondary N) is 2. The Balaban J connectivity index is 2.52. The summed E-state index contributed by atoms with van der Waals surface area (Å²) in [6.45, 7) is 10.6. The molecule has 1 aromatic heterocycles. The smallest absolute Gasteiger partial charge is 0.273 e. The van der Waals surface area contributed by atoms with Gasteiger partial charge in [-0.2, -0.15) is 11.8 Å². The van der Waals surface area contributed by atoms with Gasteiger partial charge in [-0.3, -0.25) is 0 Å². The molecule has 1 heterocycles. The predicted octanol–water partition coefficient (Wildman–Crippen LogP) is 2.37. The second-order valence-electron chi connectivity index (χ2n) is 5.59. The van der Waals surface area contributed by atoms with Crippen molar-refractivity contribution in [3.05, 3.63) is 30.5 Å². The number of furan rings is 1. The first kappa shape index (κ1) is 18.3. The van der Waals surface area contributed by atoms with E-state index < -0.39 is 10.0 Å². The van der Waals surface area contributed by atoms with Crippen LogP contribution in [0.2, 0.25) is 0 Å². The molecule has 0 saturated heterocycles. The molecule has 0 radical (unpaired) electrons. The van der Waals surface area contributed by atoms with Gasteiger partial charge in [-0.1, -0.05) is 6.08 Å². The number of hydrogen-bond donors (Lipinski definition) is 2. The molecule has 21 heavy (non-hydrogen) atoms. The summed E-state index contributed by atoms with van der Waals surface area (Å²) < 4.78 is 32.0. The lowest BCUT2D eigenvalue weighted by Gasteiger charge is -2.19. The minimum atomic E-state index is -3.56. The van der Waals surface area contributed by atoms with E-state index in [0.717, 1.165) is 5.75 Å². The number of hydrogen-bond acceptors (Lipinski definition) is 5. The Hall–Kier alpha value is -0.760. The molecule has 5 nitrogen and oxygen atoms in total. The van der Waals surface area contributed by atoms with E-state index in [9.17, 15) is 8.42 Å². The number of sulfonamides is 1. The Bertz CT molecular complexity index is 545. The van der Waals surface area contributed by atoms with Crippen molar-refractivity contribution in [2.45, 2.75) is 37.9 Å². The Morgan fingerprint density at radius 3 is 2.71 bits per heavy atom. The highest BCUT2D eigenvalue weighted by atomic mass is 32.2. The molecule has 1 aromatic rings. The zero-order valence-corrected chi connectivity index (χ0v) is 14.4. The molecule has 0 aliphatic carbocycles. The van der Waals surface area contributed by atoms with Gasteiger partial charge in [0, 0.05) is 23.6 Å². The fraction of sp³-hybridized carbons (Fsp3) is 0.571. The van der Waals surface area contributed by atoms with Crippen LogP contribution in [0, 0.1) is 0 Å². The molecule has 120 valence electrons. The van der Waals surface area contributed by atoms with Crippen molar-refractivity contribution >= 4 is 21.8 Å². The van der Waals surface area contributed by atoms with Crippen LogP contribution in [0.15, 0.2) is 34.3 Å². The van der Waals surface area contributed by atoms with Crippen molar-refractivity contribution in [1.29, 1.82) is 0 Å². The number of rotatable bonds is 9. The Kier molecular flexibility index (Phi) is 6.99. The van der Waals surface area contributed by atoms with E-state index in [2.05, 4.69) is 16.6 Å². The van der Waals surface area contributed by atoms with Gasteiger partial charge in [-0.25, -0.2) is 13.1 Å². The lowest BCUT2D eigenvalue weighted by atomic mass is 10.1. The minimum absolute atomic E-state index is 0.0399. The topological polar surface area (TPSA) is 71.3 Å². The molecular formula is C14H24N2O3S2. The SMILES string of the molecule is C=CCSCCNS(=O)(=O)c1ccc(CNC(C)(C)C)o1. The average molecular weight is 332 g/mol. The summed E-state index contributed by atoms with van der Waals surface area (Å²) in [6, 6.07) is 3.17. The molecule has 0 saturated carbocycles. The normalized spacial score (nSPS) is 12.5. The van der Waals surface area contributed by atoms with Gasteiger partial charge in [-0.15, -0.1) is 6.58 Å². The predicted molar refractivity (Wildman–Crippen MR) is 88.0 cm³/mol. The van der Waals surface area contributed by atoms with Crippen LogP contribution in [0.4, 0.5) is 0 Å². The van der Waals surface area contributed by atoms with Gasteiger partial charge in [0.05, 0.1) is 6.54 Å². The summed E-state index contributed by atoms with van der Waals surface area (Å²) in [6.07, 6.45) is 1.79. The second-order valence-corrected chi connectivity index (χ2v) is 8.43. The molecule has 0 aliphatic heterocycles. The second kappa shape index (κ2) is 8.03. The molecule has 0 bridgehead atoms. The van der Waals surface area contributed by atoms with E-state index in [1.807, 2.05) is 20.8 Å². The summed E-state index contributed by atoms with van der Waals surface area (Å²) in [5, 5.41) is 3.21. The van der Waals surface area contributed by atoms with E-state index >= 15 is 0 Å². The summed E-state index contributed by atoms with van der Waals surface area (Å²) in [5.74, 6) is 2.11. The van der Waals surface area contributed by atoms with E-state index in [-0.39, 0.29) is 10.6 Å². The van der Waals surface area contributed by atoms with Crippen LogP contribution < -0.4 is 10.0 Å². The maximum Gasteiger partial charge on any atom is 0.273 e. The van der Waals surface area contributed by atoms with Gasteiger partial charge < -0.3 is 9.73 Å². The fourth-order valence-corrected chi connectivity index (χ4v) is 3.12. The maximum absolute atomic E-state index is 12.0. The lowest BCUT2D eigenvalue weighted by molar-refractivity contribution is 0.359. The van der Waals surface area contributed by atoms with Crippen molar-refractivity contribution in [3.63, 3.8) is 0 Å². The van der Waals surface area contributed by atoms with E-state index in [1.54, 1.807) is 23.9 Å². The standard InChI is InChI=1S/C14H24N2O3S2/c1-5-9-20-10-8-16-21(17,18)13-7-6-12(19-13)11-15-14(2,3)4/h5-7,15-16H,1,8-11H2,2-4H3. The van der Waals surface area contributed by atoms with Crippen LogP contribution in [0.25, 0.3) is 0 Å². The molecule has 1 rings (SSSR count). The van der Waals surface area contributed by atoms with Crippen LogP contribution in [0.1, 0.15) is 26.5 Å². The molecule has 0 atom stereocenters. The van der Waals surface area contributed by atoms with Crippen molar-refractivity contribution in [2.75, 3.05) is 18.1 Å². The summed E-state index contributed by atoms with van der Waals surface area (Å²) in [5.41, 5.74) is -0.0492. The Labute approximate surface area is 131 Å². The largest absolute Gasteiger partial charge is 0.447 e. The van der Waals surface area contributed by atoms with Crippen LogP contribution in [-0.2, 0) is 16.6 Å². The monoisotopic (exact) mass is 332 g/mol. The van der Waals surface area contributed by atoms with Crippen molar-refractivity contribution < 1.29 is 12.8 Å². The van der Waals surface area contributed by atoms with Gasteiger partial charge in [0.15, 0.2) is 0 Å². The molecule has 0 aliphatic rings. The van der Waals surface area contributed by atoms with Crippen molar-refractivity contribution in [1.82, 2.24) is 10.0 Å². The third kappa shape index (κ3) is 7.17. The van der Waals surface area contributed by atoms with Crippen LogP contribution >= 0.6 is 11.8 Å². The third-order valence-electron chi connectivity index (χ3n) is 2.47.